The molecule has 2 unspecified atom stereocenters. The van der Waals surface area contributed by atoms with Crippen molar-refractivity contribution in [2.45, 2.75) is 219 Å². The van der Waals surface area contributed by atoms with Gasteiger partial charge in [-0.05, 0) is 12.8 Å². The Labute approximate surface area is 268 Å². The number of rotatable bonds is 34. The molecule has 0 heterocycles. The lowest BCUT2D eigenvalue weighted by Gasteiger charge is -2.23. The lowest BCUT2D eigenvalue weighted by molar-refractivity contribution is -0.122. The molecule has 0 bridgehead atoms. The van der Waals surface area contributed by atoms with Crippen LogP contribution in [-0.4, -0.2) is 41.9 Å². The smallest absolute Gasteiger partial charge is 0.266 e. The SMILES string of the molecule is CCCCCCCCCCCCCCCCCCCCCCCCC(=O)NC(CS(=O)(=O)O)C(O)CCCCCCCC. The summed E-state index contributed by atoms with van der Waals surface area (Å²) in [5.41, 5.74) is 0. The Balaban J connectivity index is 3.65. The highest BCUT2D eigenvalue weighted by Gasteiger charge is 2.26. The molecule has 6 nitrogen and oxygen atoms in total. The molecule has 0 saturated carbocycles. The molecule has 0 aromatic carbocycles. The average Bonchev–Trinajstić information content (AvgIpc) is 2.96. The van der Waals surface area contributed by atoms with Crippen LogP contribution >= 0.6 is 0 Å². The molecular weight excluding hydrogens is 558 g/mol. The number of aliphatic hydroxyl groups excluding tert-OH is 1. The van der Waals surface area contributed by atoms with Gasteiger partial charge >= 0.3 is 0 Å². The molecule has 0 aliphatic rings. The van der Waals surface area contributed by atoms with Gasteiger partial charge in [-0.3, -0.25) is 9.35 Å². The minimum Gasteiger partial charge on any atom is -0.391 e. The molecule has 0 fully saturated rings. The van der Waals surface area contributed by atoms with Gasteiger partial charge in [0.2, 0.25) is 5.91 Å². The lowest BCUT2D eigenvalue weighted by atomic mass is 10.0. The average molecular weight is 632 g/mol. The standard InChI is InChI=1S/C36H73NO5S/c1-3-5-7-9-11-12-13-14-15-16-17-18-19-20-21-22-23-24-25-26-28-30-32-36(39)37-34(33-43(40,41)42)35(38)31-29-27-10-8-6-4-2/h34-35,38H,3-33H2,1-2H3,(H,37,39)(H,40,41,42). The summed E-state index contributed by atoms with van der Waals surface area (Å²) in [7, 11) is -4.29. The van der Waals surface area contributed by atoms with Crippen LogP contribution in [0.25, 0.3) is 0 Å². The maximum absolute atomic E-state index is 12.4. The van der Waals surface area contributed by atoms with E-state index < -0.39 is 28.0 Å². The summed E-state index contributed by atoms with van der Waals surface area (Å²) >= 11 is 0. The monoisotopic (exact) mass is 632 g/mol. The molecule has 1 amide bonds. The van der Waals surface area contributed by atoms with Crippen molar-refractivity contribution in [1.29, 1.82) is 0 Å². The van der Waals surface area contributed by atoms with Gasteiger partial charge in [0.05, 0.1) is 17.9 Å². The van der Waals surface area contributed by atoms with E-state index in [0.29, 0.717) is 12.8 Å². The Morgan fingerprint density at radius 3 is 1.16 bits per heavy atom. The van der Waals surface area contributed by atoms with Crippen LogP contribution in [0.15, 0.2) is 0 Å². The number of aliphatic hydroxyl groups is 1. The van der Waals surface area contributed by atoms with Gasteiger partial charge in [0.15, 0.2) is 0 Å². The third kappa shape index (κ3) is 32.5. The fourth-order valence-electron chi connectivity index (χ4n) is 5.98. The zero-order valence-corrected chi connectivity index (χ0v) is 29.4. The predicted molar refractivity (Wildman–Crippen MR) is 184 cm³/mol. The normalized spacial score (nSPS) is 13.3. The van der Waals surface area contributed by atoms with Crippen LogP contribution in [0, 0.1) is 0 Å². The van der Waals surface area contributed by atoms with Crippen molar-refractivity contribution >= 4 is 16.0 Å². The highest BCUT2D eigenvalue weighted by molar-refractivity contribution is 7.85. The van der Waals surface area contributed by atoms with Gasteiger partial charge in [0.1, 0.15) is 0 Å². The first-order chi connectivity index (χ1) is 20.8. The van der Waals surface area contributed by atoms with Gasteiger partial charge in [-0.1, -0.05) is 187 Å². The second-order valence-electron chi connectivity index (χ2n) is 13.2. The van der Waals surface area contributed by atoms with Crippen LogP contribution in [0.4, 0.5) is 0 Å². The highest BCUT2D eigenvalue weighted by atomic mass is 32.2. The van der Waals surface area contributed by atoms with Crippen molar-refractivity contribution in [1.82, 2.24) is 5.32 Å². The molecule has 0 aromatic heterocycles. The summed E-state index contributed by atoms with van der Waals surface area (Å²) in [5, 5.41) is 13.2. The van der Waals surface area contributed by atoms with E-state index in [-0.39, 0.29) is 5.91 Å². The Morgan fingerprint density at radius 1 is 0.535 bits per heavy atom. The van der Waals surface area contributed by atoms with Crippen molar-refractivity contribution in [3.05, 3.63) is 0 Å². The third-order valence-corrected chi connectivity index (χ3v) is 9.59. The molecule has 0 radical (unpaired) electrons. The zero-order valence-electron chi connectivity index (χ0n) is 28.6. The van der Waals surface area contributed by atoms with Gasteiger partial charge in [0, 0.05) is 6.42 Å². The molecule has 0 rings (SSSR count). The van der Waals surface area contributed by atoms with Crippen molar-refractivity contribution in [3.63, 3.8) is 0 Å². The Kier molecular flexibility index (Phi) is 30.8. The number of hydrogen-bond donors (Lipinski definition) is 3. The van der Waals surface area contributed by atoms with Gasteiger partial charge in [-0.25, -0.2) is 0 Å². The van der Waals surface area contributed by atoms with Crippen molar-refractivity contribution in [2.24, 2.45) is 0 Å². The number of carbonyl (C=O) groups excluding carboxylic acids is 1. The van der Waals surface area contributed by atoms with E-state index in [1.165, 1.54) is 135 Å². The summed E-state index contributed by atoms with van der Waals surface area (Å²) in [6.45, 7) is 4.44. The van der Waals surface area contributed by atoms with Crippen LogP contribution in [-0.2, 0) is 14.9 Å². The van der Waals surface area contributed by atoms with E-state index in [1.807, 2.05) is 0 Å². The molecule has 0 aromatic rings. The lowest BCUT2D eigenvalue weighted by Crippen LogP contribution is -2.47. The first-order valence-electron chi connectivity index (χ1n) is 18.7. The molecule has 258 valence electrons. The van der Waals surface area contributed by atoms with Gasteiger partial charge < -0.3 is 10.4 Å². The van der Waals surface area contributed by atoms with E-state index in [0.717, 1.165) is 44.9 Å². The van der Waals surface area contributed by atoms with Gasteiger partial charge in [0.25, 0.3) is 10.1 Å². The Hall–Kier alpha value is -0.660. The van der Waals surface area contributed by atoms with Crippen molar-refractivity contribution in [2.75, 3.05) is 5.75 Å². The van der Waals surface area contributed by atoms with Gasteiger partial charge in [-0.2, -0.15) is 8.42 Å². The summed E-state index contributed by atoms with van der Waals surface area (Å²) in [6, 6.07) is -0.960. The topological polar surface area (TPSA) is 104 Å². The van der Waals surface area contributed by atoms with Gasteiger partial charge in [-0.15, -0.1) is 0 Å². The number of unbranched alkanes of at least 4 members (excludes halogenated alkanes) is 26. The predicted octanol–water partition coefficient (Wildman–Crippen LogP) is 10.5. The second-order valence-corrected chi connectivity index (χ2v) is 14.7. The molecular formula is C36H73NO5S. The summed E-state index contributed by atoms with van der Waals surface area (Å²) in [5.74, 6) is -0.890. The van der Waals surface area contributed by atoms with Crippen LogP contribution < -0.4 is 5.32 Å². The van der Waals surface area contributed by atoms with Crippen molar-refractivity contribution < 1.29 is 22.9 Å². The minimum atomic E-state index is -4.29. The molecule has 0 spiro atoms. The van der Waals surface area contributed by atoms with E-state index in [2.05, 4.69) is 19.2 Å². The van der Waals surface area contributed by atoms with E-state index >= 15 is 0 Å². The molecule has 0 aliphatic carbocycles. The number of nitrogens with one attached hydrogen (secondary N) is 1. The largest absolute Gasteiger partial charge is 0.391 e. The summed E-state index contributed by atoms with van der Waals surface area (Å²) in [6.07, 6.45) is 35.2. The summed E-state index contributed by atoms with van der Waals surface area (Å²) in [4.78, 5) is 12.4. The van der Waals surface area contributed by atoms with Crippen molar-refractivity contribution in [3.8, 4) is 0 Å². The number of amides is 1. The van der Waals surface area contributed by atoms with E-state index in [9.17, 15) is 22.9 Å². The molecule has 0 aliphatic heterocycles. The Morgan fingerprint density at radius 2 is 0.837 bits per heavy atom. The van der Waals surface area contributed by atoms with E-state index in [4.69, 9.17) is 0 Å². The van der Waals surface area contributed by atoms with Crippen LogP contribution in [0.3, 0.4) is 0 Å². The maximum atomic E-state index is 12.4. The zero-order chi connectivity index (χ0) is 31.9. The Bertz CT molecular complexity index is 700. The third-order valence-electron chi connectivity index (χ3n) is 8.81. The maximum Gasteiger partial charge on any atom is 0.266 e. The molecule has 0 saturated heterocycles. The first kappa shape index (κ1) is 42.3. The quantitative estimate of drug-likeness (QED) is 0.0484. The van der Waals surface area contributed by atoms with E-state index in [1.54, 1.807) is 0 Å². The first-order valence-corrected chi connectivity index (χ1v) is 20.3. The van der Waals surface area contributed by atoms with Crippen LogP contribution in [0.5, 0.6) is 0 Å². The highest BCUT2D eigenvalue weighted by Crippen LogP contribution is 2.16. The minimum absolute atomic E-state index is 0.246. The van der Waals surface area contributed by atoms with Crippen LogP contribution in [0.1, 0.15) is 206 Å². The molecule has 2 atom stereocenters. The molecule has 3 N–H and O–H groups in total. The molecule has 7 heteroatoms. The molecule has 43 heavy (non-hydrogen) atoms. The summed E-state index contributed by atoms with van der Waals surface area (Å²) < 4.78 is 32.2. The fraction of sp³-hybridized carbons (Fsp3) is 0.972. The number of carbonyl (C=O) groups is 1. The van der Waals surface area contributed by atoms with Crippen LogP contribution in [0.2, 0.25) is 0 Å². The number of hydrogen-bond acceptors (Lipinski definition) is 4. The second kappa shape index (κ2) is 31.3. The fourth-order valence-corrected chi connectivity index (χ4v) is 6.74.